The van der Waals surface area contributed by atoms with E-state index >= 15 is 0 Å². The molecule has 2 nitrogen and oxygen atoms in total. The molecule has 1 aliphatic rings. The Balaban J connectivity index is 2.34. The van der Waals surface area contributed by atoms with Gasteiger partial charge in [-0.2, -0.15) is 0 Å². The maximum absolute atomic E-state index is 6.04. The van der Waals surface area contributed by atoms with E-state index in [1.165, 1.54) is 17.0 Å². The lowest BCUT2D eigenvalue weighted by Gasteiger charge is -2.00. The second-order valence-corrected chi connectivity index (χ2v) is 4.86. The SMILES string of the molecule is Cc1cc([C@H]2[C@H](N)C2(C)C)c(C)[nH]1. The largest absolute Gasteiger partial charge is 0.362 e. The third-order valence-electron chi connectivity index (χ3n) is 3.44. The van der Waals surface area contributed by atoms with E-state index in [-0.39, 0.29) is 0 Å². The van der Waals surface area contributed by atoms with Crippen molar-refractivity contribution in [1.29, 1.82) is 0 Å². The average molecular weight is 178 g/mol. The summed E-state index contributed by atoms with van der Waals surface area (Å²) in [5.41, 5.74) is 10.3. The highest BCUT2D eigenvalue weighted by Gasteiger charge is 2.56. The van der Waals surface area contributed by atoms with Gasteiger partial charge < -0.3 is 10.7 Å². The van der Waals surface area contributed by atoms with Gasteiger partial charge in [0.1, 0.15) is 0 Å². The Kier molecular flexibility index (Phi) is 1.62. The van der Waals surface area contributed by atoms with Crippen LogP contribution in [0.1, 0.15) is 36.7 Å². The van der Waals surface area contributed by atoms with Gasteiger partial charge in [-0.3, -0.25) is 0 Å². The summed E-state index contributed by atoms with van der Waals surface area (Å²) in [5, 5.41) is 0. The molecule has 72 valence electrons. The summed E-state index contributed by atoms with van der Waals surface area (Å²) in [6.07, 6.45) is 0. The van der Waals surface area contributed by atoms with E-state index in [1.54, 1.807) is 0 Å². The van der Waals surface area contributed by atoms with Crippen LogP contribution in [-0.2, 0) is 0 Å². The quantitative estimate of drug-likeness (QED) is 0.679. The molecule has 1 heterocycles. The molecule has 0 aliphatic heterocycles. The summed E-state index contributed by atoms with van der Waals surface area (Å²) in [4.78, 5) is 3.33. The topological polar surface area (TPSA) is 41.8 Å². The predicted octanol–water partition coefficient (Wildman–Crippen LogP) is 2.08. The summed E-state index contributed by atoms with van der Waals surface area (Å²) >= 11 is 0. The predicted molar refractivity (Wildman–Crippen MR) is 54.8 cm³/mol. The van der Waals surface area contributed by atoms with E-state index in [0.29, 0.717) is 17.4 Å². The van der Waals surface area contributed by atoms with E-state index in [0.717, 1.165) is 0 Å². The van der Waals surface area contributed by atoms with Crippen LogP contribution in [0.2, 0.25) is 0 Å². The van der Waals surface area contributed by atoms with E-state index in [9.17, 15) is 0 Å². The molecule has 1 aliphatic carbocycles. The van der Waals surface area contributed by atoms with Crippen molar-refractivity contribution in [2.75, 3.05) is 0 Å². The van der Waals surface area contributed by atoms with Crippen molar-refractivity contribution < 1.29 is 0 Å². The van der Waals surface area contributed by atoms with Crippen molar-refractivity contribution in [1.82, 2.24) is 4.98 Å². The lowest BCUT2D eigenvalue weighted by Crippen LogP contribution is -2.06. The smallest absolute Gasteiger partial charge is 0.0172 e. The van der Waals surface area contributed by atoms with E-state index in [1.807, 2.05) is 0 Å². The van der Waals surface area contributed by atoms with Crippen LogP contribution in [0.25, 0.3) is 0 Å². The first kappa shape index (κ1) is 8.82. The first-order valence-electron chi connectivity index (χ1n) is 4.86. The number of nitrogens with one attached hydrogen (secondary N) is 1. The van der Waals surface area contributed by atoms with Crippen LogP contribution in [-0.4, -0.2) is 11.0 Å². The van der Waals surface area contributed by atoms with Gasteiger partial charge in [-0.25, -0.2) is 0 Å². The Morgan fingerprint density at radius 3 is 2.23 bits per heavy atom. The van der Waals surface area contributed by atoms with Gasteiger partial charge in [0.05, 0.1) is 0 Å². The normalized spacial score (nSPS) is 30.5. The Labute approximate surface area is 79.5 Å². The minimum atomic E-state index is 0.291. The van der Waals surface area contributed by atoms with Crippen molar-refractivity contribution in [3.63, 3.8) is 0 Å². The molecule has 0 spiro atoms. The Morgan fingerprint density at radius 1 is 1.38 bits per heavy atom. The molecular weight excluding hydrogens is 160 g/mol. The highest BCUT2D eigenvalue weighted by atomic mass is 14.9. The number of rotatable bonds is 1. The van der Waals surface area contributed by atoms with Gasteiger partial charge in [-0.1, -0.05) is 13.8 Å². The number of aryl methyl sites for hydroxylation is 2. The number of hydrogen-bond donors (Lipinski definition) is 2. The zero-order valence-corrected chi connectivity index (χ0v) is 8.81. The van der Waals surface area contributed by atoms with E-state index < -0.39 is 0 Å². The third kappa shape index (κ3) is 1.12. The molecule has 2 heteroatoms. The van der Waals surface area contributed by atoms with Crippen LogP contribution in [0.3, 0.4) is 0 Å². The van der Waals surface area contributed by atoms with Crippen molar-refractivity contribution in [3.05, 3.63) is 23.0 Å². The molecular formula is C11H18N2. The fourth-order valence-corrected chi connectivity index (χ4v) is 2.34. The van der Waals surface area contributed by atoms with E-state index in [2.05, 4.69) is 38.7 Å². The lowest BCUT2D eigenvalue weighted by molar-refractivity contribution is 0.598. The van der Waals surface area contributed by atoms with Gasteiger partial charge in [-0.05, 0) is 30.9 Å². The van der Waals surface area contributed by atoms with Gasteiger partial charge in [0.25, 0.3) is 0 Å². The van der Waals surface area contributed by atoms with Crippen molar-refractivity contribution in [2.24, 2.45) is 11.1 Å². The van der Waals surface area contributed by atoms with E-state index in [4.69, 9.17) is 5.73 Å². The molecule has 1 saturated carbocycles. The van der Waals surface area contributed by atoms with Crippen molar-refractivity contribution >= 4 is 0 Å². The minimum Gasteiger partial charge on any atom is -0.362 e. The number of aromatic nitrogens is 1. The lowest BCUT2D eigenvalue weighted by atomic mass is 10.0. The Hall–Kier alpha value is -0.760. The molecule has 0 bridgehead atoms. The average Bonchev–Trinajstić information content (AvgIpc) is 2.36. The van der Waals surface area contributed by atoms with Gasteiger partial charge in [0, 0.05) is 23.3 Å². The molecule has 3 N–H and O–H groups in total. The molecule has 2 rings (SSSR count). The summed E-state index contributed by atoms with van der Waals surface area (Å²) in [6, 6.07) is 2.57. The number of H-pyrrole nitrogens is 1. The molecule has 0 radical (unpaired) electrons. The highest BCUT2D eigenvalue weighted by Crippen LogP contribution is 2.57. The van der Waals surface area contributed by atoms with Crippen LogP contribution in [0.15, 0.2) is 6.07 Å². The van der Waals surface area contributed by atoms with Gasteiger partial charge in [0.2, 0.25) is 0 Å². The standard InChI is InChI=1S/C11H18N2/c1-6-5-8(7(2)13-6)9-10(12)11(9,3)4/h5,9-10,13H,12H2,1-4H3/t9-,10-/m0/s1. The summed E-state index contributed by atoms with van der Waals surface area (Å²) in [5.74, 6) is 0.553. The summed E-state index contributed by atoms with van der Waals surface area (Å²) < 4.78 is 0. The molecule has 13 heavy (non-hydrogen) atoms. The maximum atomic E-state index is 6.04. The zero-order valence-electron chi connectivity index (χ0n) is 8.81. The van der Waals surface area contributed by atoms with Crippen molar-refractivity contribution in [2.45, 2.75) is 39.7 Å². The van der Waals surface area contributed by atoms with Crippen LogP contribution in [0, 0.1) is 19.3 Å². The first-order valence-corrected chi connectivity index (χ1v) is 4.86. The Bertz CT molecular complexity index is 336. The zero-order chi connectivity index (χ0) is 9.80. The summed E-state index contributed by atoms with van der Waals surface area (Å²) in [7, 11) is 0. The molecule has 2 atom stereocenters. The number of nitrogens with two attached hydrogens (primary N) is 1. The molecule has 0 aromatic carbocycles. The van der Waals surface area contributed by atoms with Crippen molar-refractivity contribution in [3.8, 4) is 0 Å². The molecule has 1 fully saturated rings. The fourth-order valence-electron chi connectivity index (χ4n) is 2.34. The number of hydrogen-bond acceptors (Lipinski definition) is 1. The Morgan fingerprint density at radius 2 is 1.92 bits per heavy atom. The van der Waals surface area contributed by atoms with Crippen LogP contribution >= 0.6 is 0 Å². The third-order valence-corrected chi connectivity index (χ3v) is 3.44. The van der Waals surface area contributed by atoms with Gasteiger partial charge in [0.15, 0.2) is 0 Å². The summed E-state index contributed by atoms with van der Waals surface area (Å²) in [6.45, 7) is 8.70. The fraction of sp³-hybridized carbons (Fsp3) is 0.636. The molecule has 1 aromatic rings. The second kappa shape index (κ2) is 2.38. The molecule has 0 unspecified atom stereocenters. The van der Waals surface area contributed by atoms with Crippen LogP contribution < -0.4 is 5.73 Å². The first-order chi connectivity index (χ1) is 5.94. The van der Waals surface area contributed by atoms with Gasteiger partial charge in [-0.15, -0.1) is 0 Å². The molecule has 0 saturated heterocycles. The monoisotopic (exact) mass is 178 g/mol. The van der Waals surface area contributed by atoms with Crippen LogP contribution in [0.5, 0.6) is 0 Å². The highest BCUT2D eigenvalue weighted by molar-refractivity contribution is 5.38. The minimum absolute atomic E-state index is 0.291. The number of aromatic amines is 1. The maximum Gasteiger partial charge on any atom is 0.0172 e. The second-order valence-electron chi connectivity index (χ2n) is 4.86. The molecule has 0 amide bonds. The molecule has 1 aromatic heterocycles. The van der Waals surface area contributed by atoms with Gasteiger partial charge >= 0.3 is 0 Å². The van der Waals surface area contributed by atoms with Crippen LogP contribution in [0.4, 0.5) is 0 Å².